The average Bonchev–Trinajstić information content (AvgIpc) is 2.57. The van der Waals surface area contributed by atoms with Gasteiger partial charge in [0.2, 0.25) is 5.88 Å². The van der Waals surface area contributed by atoms with Crippen LogP contribution in [0.1, 0.15) is 0 Å². The van der Waals surface area contributed by atoms with E-state index >= 15 is 0 Å². The summed E-state index contributed by atoms with van der Waals surface area (Å²) < 4.78 is 11.2. The number of para-hydroxylation sites is 1. The van der Waals surface area contributed by atoms with E-state index in [0.717, 1.165) is 16.9 Å². The molecule has 0 bridgehead atoms. The monoisotopic (exact) mass is 312 g/mol. The summed E-state index contributed by atoms with van der Waals surface area (Å²) in [5.74, 6) is 1.85. The molecule has 2 aromatic carbocycles. The van der Waals surface area contributed by atoms with Gasteiger partial charge in [-0.25, -0.2) is 9.97 Å². The molecular weight excluding hydrogens is 300 g/mol. The van der Waals surface area contributed by atoms with Crippen molar-refractivity contribution in [3.63, 3.8) is 0 Å². The second-order valence-electron chi connectivity index (χ2n) is 4.50. The Labute approximate surface area is 133 Å². The lowest BCUT2D eigenvalue weighted by Gasteiger charge is -2.12. The van der Waals surface area contributed by atoms with Crippen LogP contribution in [0.5, 0.6) is 17.4 Å². The molecule has 3 rings (SSSR count). The highest BCUT2D eigenvalue weighted by Gasteiger charge is 2.13. The standard InChI is InChI=1S/C17H13ClN2O2/c1-21-16-5-3-2-4-14(16)15-10-19-11-20-17(15)22-13-8-6-12(18)7-9-13/h2-11H,1H3. The van der Waals surface area contributed by atoms with Crippen LogP contribution in [0, 0.1) is 0 Å². The van der Waals surface area contributed by atoms with Crippen LogP contribution in [-0.4, -0.2) is 17.1 Å². The van der Waals surface area contributed by atoms with Gasteiger partial charge in [0.15, 0.2) is 0 Å². The number of rotatable bonds is 4. The Bertz CT molecular complexity index is 776. The molecule has 0 atom stereocenters. The molecule has 1 aromatic heterocycles. The van der Waals surface area contributed by atoms with E-state index in [1.165, 1.54) is 6.33 Å². The highest BCUT2D eigenvalue weighted by molar-refractivity contribution is 6.30. The van der Waals surface area contributed by atoms with Crippen molar-refractivity contribution in [2.45, 2.75) is 0 Å². The number of benzene rings is 2. The fourth-order valence-corrected chi connectivity index (χ4v) is 2.19. The topological polar surface area (TPSA) is 44.2 Å². The maximum atomic E-state index is 5.88. The number of hydrogen-bond donors (Lipinski definition) is 0. The maximum Gasteiger partial charge on any atom is 0.230 e. The molecule has 22 heavy (non-hydrogen) atoms. The first-order chi connectivity index (χ1) is 10.8. The van der Waals surface area contributed by atoms with E-state index in [1.807, 2.05) is 24.3 Å². The van der Waals surface area contributed by atoms with Gasteiger partial charge in [-0.2, -0.15) is 0 Å². The van der Waals surface area contributed by atoms with Crippen molar-refractivity contribution in [3.05, 3.63) is 66.1 Å². The minimum absolute atomic E-state index is 0.460. The normalized spacial score (nSPS) is 10.3. The van der Waals surface area contributed by atoms with Crippen LogP contribution in [0.4, 0.5) is 0 Å². The lowest BCUT2D eigenvalue weighted by molar-refractivity contribution is 0.415. The highest BCUT2D eigenvalue weighted by atomic mass is 35.5. The molecule has 0 aliphatic rings. The third-order valence-corrected chi connectivity index (χ3v) is 3.35. The number of aromatic nitrogens is 2. The lowest BCUT2D eigenvalue weighted by Crippen LogP contribution is -1.94. The van der Waals surface area contributed by atoms with E-state index in [2.05, 4.69) is 9.97 Å². The fourth-order valence-electron chi connectivity index (χ4n) is 2.07. The van der Waals surface area contributed by atoms with E-state index in [9.17, 15) is 0 Å². The Kier molecular flexibility index (Phi) is 4.21. The highest BCUT2D eigenvalue weighted by Crippen LogP contribution is 2.36. The zero-order valence-corrected chi connectivity index (χ0v) is 12.6. The molecule has 0 spiro atoms. The molecule has 110 valence electrons. The summed E-state index contributed by atoms with van der Waals surface area (Å²) in [5.41, 5.74) is 1.63. The largest absolute Gasteiger partial charge is 0.496 e. The van der Waals surface area contributed by atoms with Crippen molar-refractivity contribution in [3.8, 4) is 28.5 Å². The number of hydrogen-bond acceptors (Lipinski definition) is 4. The third-order valence-electron chi connectivity index (χ3n) is 3.10. The van der Waals surface area contributed by atoms with E-state index in [-0.39, 0.29) is 0 Å². The molecule has 0 fully saturated rings. The van der Waals surface area contributed by atoms with Crippen LogP contribution >= 0.6 is 11.6 Å². The minimum Gasteiger partial charge on any atom is -0.496 e. The predicted molar refractivity (Wildman–Crippen MR) is 85.5 cm³/mol. The van der Waals surface area contributed by atoms with Gasteiger partial charge in [0.05, 0.1) is 12.7 Å². The lowest BCUT2D eigenvalue weighted by atomic mass is 10.1. The van der Waals surface area contributed by atoms with Gasteiger partial charge in [-0.15, -0.1) is 0 Å². The third kappa shape index (κ3) is 3.02. The van der Waals surface area contributed by atoms with Crippen LogP contribution in [0.3, 0.4) is 0 Å². The van der Waals surface area contributed by atoms with Gasteiger partial charge in [-0.05, 0) is 30.3 Å². The summed E-state index contributed by atoms with van der Waals surface area (Å²) in [7, 11) is 1.63. The zero-order chi connectivity index (χ0) is 15.4. The molecule has 0 aliphatic carbocycles. The van der Waals surface area contributed by atoms with Crippen LogP contribution in [0.15, 0.2) is 61.1 Å². The Morgan fingerprint density at radius 1 is 0.955 bits per heavy atom. The molecule has 0 radical (unpaired) electrons. The molecule has 1 heterocycles. The van der Waals surface area contributed by atoms with E-state index < -0.39 is 0 Å². The fraction of sp³-hybridized carbons (Fsp3) is 0.0588. The summed E-state index contributed by atoms with van der Waals surface area (Å²) in [6.45, 7) is 0. The second-order valence-corrected chi connectivity index (χ2v) is 4.93. The van der Waals surface area contributed by atoms with Gasteiger partial charge in [-0.3, -0.25) is 0 Å². The van der Waals surface area contributed by atoms with Crippen molar-refractivity contribution in [2.24, 2.45) is 0 Å². The number of nitrogens with zero attached hydrogens (tertiary/aromatic N) is 2. The van der Waals surface area contributed by atoms with E-state index in [0.29, 0.717) is 16.7 Å². The minimum atomic E-state index is 0.460. The van der Waals surface area contributed by atoms with Gasteiger partial charge in [0.25, 0.3) is 0 Å². The average molecular weight is 313 g/mol. The van der Waals surface area contributed by atoms with Crippen molar-refractivity contribution in [2.75, 3.05) is 7.11 Å². The summed E-state index contributed by atoms with van der Waals surface area (Å²) in [6.07, 6.45) is 3.15. The summed E-state index contributed by atoms with van der Waals surface area (Å²) in [6, 6.07) is 14.8. The second kappa shape index (κ2) is 6.45. The first kappa shape index (κ1) is 14.4. The number of ether oxygens (including phenoxy) is 2. The Hall–Kier alpha value is -2.59. The summed E-state index contributed by atoms with van der Waals surface area (Å²) in [4.78, 5) is 8.31. The first-order valence-corrected chi connectivity index (χ1v) is 7.02. The smallest absolute Gasteiger partial charge is 0.230 e. The van der Waals surface area contributed by atoms with Crippen molar-refractivity contribution < 1.29 is 9.47 Å². The number of methoxy groups -OCH3 is 1. The predicted octanol–water partition coefficient (Wildman–Crippen LogP) is 4.60. The molecule has 0 saturated carbocycles. The molecule has 5 heteroatoms. The zero-order valence-electron chi connectivity index (χ0n) is 11.9. The molecule has 3 aromatic rings. The van der Waals surface area contributed by atoms with E-state index in [1.54, 1.807) is 37.6 Å². The SMILES string of the molecule is COc1ccccc1-c1cncnc1Oc1ccc(Cl)cc1. The Morgan fingerprint density at radius 3 is 2.50 bits per heavy atom. The van der Waals surface area contributed by atoms with Gasteiger partial charge >= 0.3 is 0 Å². The van der Waals surface area contributed by atoms with Crippen molar-refractivity contribution in [1.29, 1.82) is 0 Å². The van der Waals surface area contributed by atoms with Crippen LogP contribution in [-0.2, 0) is 0 Å². The van der Waals surface area contributed by atoms with Gasteiger partial charge in [0.1, 0.15) is 17.8 Å². The van der Waals surface area contributed by atoms with Crippen LogP contribution < -0.4 is 9.47 Å². The Morgan fingerprint density at radius 2 is 1.73 bits per heavy atom. The van der Waals surface area contributed by atoms with Crippen LogP contribution in [0.25, 0.3) is 11.1 Å². The molecule has 0 aliphatic heterocycles. The summed E-state index contributed by atoms with van der Waals surface area (Å²) >= 11 is 5.88. The molecule has 0 N–H and O–H groups in total. The van der Waals surface area contributed by atoms with Gasteiger partial charge in [-0.1, -0.05) is 29.8 Å². The van der Waals surface area contributed by atoms with Gasteiger partial charge in [0, 0.05) is 16.8 Å². The van der Waals surface area contributed by atoms with E-state index in [4.69, 9.17) is 21.1 Å². The molecule has 0 amide bonds. The number of halogens is 1. The molecule has 0 saturated heterocycles. The molecule has 4 nitrogen and oxygen atoms in total. The van der Waals surface area contributed by atoms with Crippen LogP contribution in [0.2, 0.25) is 5.02 Å². The van der Waals surface area contributed by atoms with Gasteiger partial charge < -0.3 is 9.47 Å². The summed E-state index contributed by atoms with van der Waals surface area (Å²) in [5, 5.41) is 0.653. The van der Waals surface area contributed by atoms with Crippen molar-refractivity contribution in [1.82, 2.24) is 9.97 Å². The molecule has 0 unspecified atom stereocenters. The Balaban J connectivity index is 2.01. The maximum absolute atomic E-state index is 5.88. The molecular formula is C17H13ClN2O2. The first-order valence-electron chi connectivity index (χ1n) is 6.65. The quantitative estimate of drug-likeness (QED) is 0.706. The van der Waals surface area contributed by atoms with Crippen molar-refractivity contribution >= 4 is 11.6 Å².